The highest BCUT2D eigenvalue weighted by molar-refractivity contribution is 8.00. The summed E-state index contributed by atoms with van der Waals surface area (Å²) in [7, 11) is 0. The minimum absolute atomic E-state index is 0.117. The van der Waals surface area contributed by atoms with Gasteiger partial charge in [0.2, 0.25) is 0 Å². The van der Waals surface area contributed by atoms with Crippen LogP contribution in [0.1, 0.15) is 27.2 Å². The van der Waals surface area contributed by atoms with Crippen LogP contribution in [-0.2, 0) is 17.1 Å². The average molecular weight is 373 g/mol. The summed E-state index contributed by atoms with van der Waals surface area (Å²) in [6.07, 6.45) is 0. The van der Waals surface area contributed by atoms with Gasteiger partial charge in [0.1, 0.15) is 16.8 Å². The van der Waals surface area contributed by atoms with Gasteiger partial charge in [-0.3, -0.25) is 0 Å². The van der Waals surface area contributed by atoms with Crippen LogP contribution in [0.2, 0.25) is 0 Å². The van der Waals surface area contributed by atoms with Crippen LogP contribution in [0.25, 0.3) is 0 Å². The zero-order valence-electron chi connectivity index (χ0n) is 13.6. The second-order valence-corrected chi connectivity index (χ2v) is 7.48. The molecule has 0 radical (unpaired) electrons. The van der Waals surface area contributed by atoms with Crippen molar-refractivity contribution in [2.24, 2.45) is 0 Å². The third kappa shape index (κ3) is 4.90. The summed E-state index contributed by atoms with van der Waals surface area (Å²) in [6.45, 7) is 2.08. The number of benzene rings is 2. The fourth-order valence-electron chi connectivity index (χ4n) is 2.19. The van der Waals surface area contributed by atoms with Gasteiger partial charge in [-0.05, 0) is 36.2 Å². The normalized spacial score (nSPS) is 10.6. The number of aromatic nitrogens is 1. The Kier molecular flexibility index (Phi) is 5.83. The van der Waals surface area contributed by atoms with E-state index in [2.05, 4.69) is 4.98 Å². The third-order valence-corrected chi connectivity index (χ3v) is 5.66. The number of hydrogen-bond donors (Lipinski definition) is 0. The second kappa shape index (κ2) is 8.27. The lowest BCUT2D eigenvalue weighted by atomic mass is 10.1. The SMILES string of the molecule is Cc1csc(SCc2ccccc2C(=O)OCc2ccc(F)cc2)n1. The van der Waals surface area contributed by atoms with Crippen molar-refractivity contribution in [3.8, 4) is 0 Å². The minimum atomic E-state index is -0.379. The summed E-state index contributed by atoms with van der Waals surface area (Å²) in [4.78, 5) is 16.8. The number of ether oxygens (including phenoxy) is 1. The number of thiazole rings is 1. The number of aryl methyl sites for hydroxylation is 1. The second-order valence-electron chi connectivity index (χ2n) is 5.40. The van der Waals surface area contributed by atoms with E-state index in [1.807, 2.05) is 30.5 Å². The van der Waals surface area contributed by atoms with Crippen LogP contribution in [0, 0.1) is 12.7 Å². The van der Waals surface area contributed by atoms with Crippen LogP contribution in [0.15, 0.2) is 58.3 Å². The zero-order chi connectivity index (χ0) is 17.6. The molecule has 1 aromatic heterocycles. The summed E-state index contributed by atoms with van der Waals surface area (Å²) in [5, 5.41) is 2.01. The summed E-state index contributed by atoms with van der Waals surface area (Å²) in [5.74, 6) is -0.0416. The van der Waals surface area contributed by atoms with E-state index < -0.39 is 0 Å². The lowest BCUT2D eigenvalue weighted by Crippen LogP contribution is -2.08. The molecule has 25 heavy (non-hydrogen) atoms. The van der Waals surface area contributed by atoms with Crippen molar-refractivity contribution in [1.82, 2.24) is 4.98 Å². The molecular weight excluding hydrogens is 357 g/mol. The Labute approximate surface area is 153 Å². The Morgan fingerprint density at radius 3 is 2.68 bits per heavy atom. The van der Waals surface area contributed by atoms with E-state index >= 15 is 0 Å². The first-order chi connectivity index (χ1) is 12.1. The molecule has 3 aromatic rings. The number of carbonyl (C=O) groups excluding carboxylic acids is 1. The van der Waals surface area contributed by atoms with Gasteiger partial charge in [-0.15, -0.1) is 11.3 Å². The molecule has 6 heteroatoms. The number of nitrogens with zero attached hydrogens (tertiary/aromatic N) is 1. The molecule has 3 nitrogen and oxygen atoms in total. The van der Waals surface area contributed by atoms with E-state index in [9.17, 15) is 9.18 Å². The average Bonchev–Trinajstić information content (AvgIpc) is 3.05. The van der Waals surface area contributed by atoms with Gasteiger partial charge in [0, 0.05) is 16.8 Å². The number of hydrogen-bond acceptors (Lipinski definition) is 5. The van der Waals surface area contributed by atoms with Crippen LogP contribution in [0.3, 0.4) is 0 Å². The predicted molar refractivity (Wildman–Crippen MR) is 98.4 cm³/mol. The van der Waals surface area contributed by atoms with Gasteiger partial charge in [0.15, 0.2) is 0 Å². The summed E-state index contributed by atoms with van der Waals surface area (Å²) >= 11 is 3.20. The Hall–Kier alpha value is -2.18. The maximum atomic E-state index is 12.9. The van der Waals surface area contributed by atoms with Gasteiger partial charge >= 0.3 is 5.97 Å². The molecule has 0 aliphatic carbocycles. The van der Waals surface area contributed by atoms with E-state index in [0.29, 0.717) is 11.3 Å². The molecule has 0 aliphatic heterocycles. The van der Waals surface area contributed by atoms with Crippen LogP contribution in [0.5, 0.6) is 0 Å². The molecule has 0 unspecified atom stereocenters. The number of carbonyl (C=O) groups is 1. The van der Waals surface area contributed by atoms with Crippen LogP contribution in [0.4, 0.5) is 4.39 Å². The van der Waals surface area contributed by atoms with Crippen molar-refractivity contribution < 1.29 is 13.9 Å². The van der Waals surface area contributed by atoms with Crippen LogP contribution >= 0.6 is 23.1 Å². The van der Waals surface area contributed by atoms with Crippen molar-refractivity contribution in [3.05, 3.63) is 82.1 Å². The van der Waals surface area contributed by atoms with Gasteiger partial charge in [-0.25, -0.2) is 14.2 Å². The van der Waals surface area contributed by atoms with Crippen molar-refractivity contribution in [1.29, 1.82) is 0 Å². The molecule has 1 heterocycles. The van der Waals surface area contributed by atoms with E-state index in [1.165, 1.54) is 12.1 Å². The summed E-state index contributed by atoms with van der Waals surface area (Å²) in [5.41, 5.74) is 3.20. The van der Waals surface area contributed by atoms with Gasteiger partial charge < -0.3 is 4.74 Å². The Morgan fingerprint density at radius 1 is 1.20 bits per heavy atom. The first-order valence-corrected chi connectivity index (χ1v) is 9.53. The summed E-state index contributed by atoms with van der Waals surface area (Å²) in [6, 6.07) is 13.3. The van der Waals surface area contributed by atoms with Crippen molar-refractivity contribution in [2.45, 2.75) is 23.6 Å². The number of rotatable bonds is 6. The van der Waals surface area contributed by atoms with Gasteiger partial charge in [-0.1, -0.05) is 42.1 Å². The Morgan fingerprint density at radius 2 is 1.96 bits per heavy atom. The van der Waals surface area contributed by atoms with E-state index in [4.69, 9.17) is 4.74 Å². The highest BCUT2D eigenvalue weighted by atomic mass is 32.2. The van der Waals surface area contributed by atoms with Crippen LogP contribution < -0.4 is 0 Å². The third-order valence-electron chi connectivity index (χ3n) is 3.47. The topological polar surface area (TPSA) is 39.2 Å². The Balaban J connectivity index is 1.64. The molecule has 0 saturated carbocycles. The highest BCUT2D eigenvalue weighted by Crippen LogP contribution is 2.27. The standard InChI is InChI=1S/C19H16FNO2S2/c1-13-11-24-19(21-13)25-12-15-4-2-3-5-17(15)18(22)23-10-14-6-8-16(20)9-7-14/h2-9,11H,10,12H2,1H3. The molecule has 128 valence electrons. The molecule has 0 bridgehead atoms. The van der Waals surface area contributed by atoms with E-state index in [1.54, 1.807) is 41.3 Å². The fourth-order valence-corrected chi connectivity index (χ4v) is 4.04. The molecule has 0 atom stereocenters. The Bertz CT molecular complexity index is 862. The molecule has 3 rings (SSSR count). The first kappa shape index (κ1) is 17.6. The zero-order valence-corrected chi connectivity index (χ0v) is 15.2. The lowest BCUT2D eigenvalue weighted by Gasteiger charge is -2.09. The largest absolute Gasteiger partial charge is 0.457 e. The quantitative estimate of drug-likeness (QED) is 0.437. The van der Waals surface area contributed by atoms with Crippen molar-refractivity contribution in [3.63, 3.8) is 0 Å². The first-order valence-electron chi connectivity index (χ1n) is 7.66. The van der Waals surface area contributed by atoms with Crippen molar-refractivity contribution >= 4 is 29.1 Å². The molecule has 2 aromatic carbocycles. The maximum Gasteiger partial charge on any atom is 0.338 e. The van der Waals surface area contributed by atoms with Crippen molar-refractivity contribution in [2.75, 3.05) is 0 Å². The van der Waals surface area contributed by atoms with Gasteiger partial charge in [0.25, 0.3) is 0 Å². The van der Waals surface area contributed by atoms with E-state index in [-0.39, 0.29) is 18.4 Å². The lowest BCUT2D eigenvalue weighted by molar-refractivity contribution is 0.0471. The molecular formula is C19H16FNO2S2. The number of thioether (sulfide) groups is 1. The molecule has 0 N–H and O–H groups in total. The molecule has 0 aliphatic rings. The maximum absolute atomic E-state index is 12.9. The monoisotopic (exact) mass is 373 g/mol. The van der Waals surface area contributed by atoms with E-state index in [0.717, 1.165) is 21.2 Å². The minimum Gasteiger partial charge on any atom is -0.457 e. The highest BCUT2D eigenvalue weighted by Gasteiger charge is 2.13. The smallest absolute Gasteiger partial charge is 0.338 e. The fraction of sp³-hybridized carbons (Fsp3) is 0.158. The predicted octanol–water partition coefficient (Wildman–Crippen LogP) is 5.24. The number of esters is 1. The molecule has 0 fully saturated rings. The molecule has 0 spiro atoms. The van der Waals surface area contributed by atoms with Gasteiger partial charge in [-0.2, -0.15) is 0 Å². The van der Waals surface area contributed by atoms with Crippen LogP contribution in [-0.4, -0.2) is 11.0 Å². The summed E-state index contributed by atoms with van der Waals surface area (Å²) < 4.78 is 19.3. The number of halogens is 1. The molecule has 0 saturated heterocycles. The van der Waals surface area contributed by atoms with Gasteiger partial charge in [0.05, 0.1) is 5.56 Å². The molecule has 0 amide bonds.